The summed E-state index contributed by atoms with van der Waals surface area (Å²) in [4.78, 5) is 34.3. The topological polar surface area (TPSA) is 58.4 Å². The van der Waals surface area contributed by atoms with Gasteiger partial charge in [-0.25, -0.2) is 4.98 Å². The molecule has 0 unspecified atom stereocenters. The molecule has 160 valence electrons. The highest BCUT2D eigenvalue weighted by Crippen LogP contribution is 2.36. The molecule has 1 amide bonds. The maximum absolute atomic E-state index is 12.8. The lowest BCUT2D eigenvalue weighted by Gasteiger charge is -2.40. The van der Waals surface area contributed by atoms with E-state index < -0.39 is 0 Å². The number of hydrogen-bond acceptors (Lipinski definition) is 4. The fraction of sp³-hybridized carbons (Fsp3) is 0.400. The molecule has 0 bridgehead atoms. The molecule has 6 heteroatoms. The number of anilines is 1. The SMILES string of the molecule is C[C@@H]1Cc2ccccc2N1C1CCN(C(=O)CCn2cnc3ccccc3c2=O)CC1. The molecule has 31 heavy (non-hydrogen) atoms. The van der Waals surface area contributed by atoms with Gasteiger partial charge in [0, 0.05) is 43.8 Å². The van der Waals surface area contributed by atoms with Gasteiger partial charge in [-0.2, -0.15) is 0 Å². The zero-order valence-corrected chi connectivity index (χ0v) is 17.9. The van der Waals surface area contributed by atoms with E-state index in [4.69, 9.17) is 0 Å². The number of nitrogens with zero attached hydrogens (tertiary/aromatic N) is 4. The normalized spacial score (nSPS) is 19.1. The first-order chi connectivity index (χ1) is 15.1. The molecule has 1 saturated heterocycles. The van der Waals surface area contributed by atoms with Crippen molar-refractivity contribution < 1.29 is 4.79 Å². The number of aryl methyl sites for hydroxylation is 1. The Kier molecular flexibility index (Phi) is 5.22. The fourth-order valence-corrected chi connectivity index (χ4v) is 5.18. The van der Waals surface area contributed by atoms with Crippen molar-refractivity contribution in [2.45, 2.75) is 51.2 Å². The van der Waals surface area contributed by atoms with Crippen LogP contribution in [-0.4, -0.2) is 45.5 Å². The second kappa shape index (κ2) is 8.17. The van der Waals surface area contributed by atoms with Crippen molar-refractivity contribution >= 4 is 22.5 Å². The van der Waals surface area contributed by atoms with E-state index in [0.717, 1.165) is 32.4 Å². The molecular weight excluding hydrogens is 388 g/mol. The van der Waals surface area contributed by atoms with Crippen LogP contribution >= 0.6 is 0 Å². The summed E-state index contributed by atoms with van der Waals surface area (Å²) in [5, 5.41) is 0.596. The molecule has 3 heterocycles. The zero-order chi connectivity index (χ0) is 21.4. The van der Waals surface area contributed by atoms with Gasteiger partial charge in [0.25, 0.3) is 5.56 Å². The summed E-state index contributed by atoms with van der Waals surface area (Å²) in [6.07, 6.45) is 4.96. The monoisotopic (exact) mass is 416 g/mol. The van der Waals surface area contributed by atoms with Crippen LogP contribution in [0.25, 0.3) is 10.9 Å². The summed E-state index contributed by atoms with van der Waals surface area (Å²) in [6.45, 7) is 4.22. The smallest absolute Gasteiger partial charge is 0.261 e. The lowest BCUT2D eigenvalue weighted by atomic mass is 10.0. The van der Waals surface area contributed by atoms with E-state index in [1.54, 1.807) is 17.0 Å². The highest BCUT2D eigenvalue weighted by molar-refractivity contribution is 5.77. The van der Waals surface area contributed by atoms with E-state index in [-0.39, 0.29) is 11.5 Å². The zero-order valence-electron chi connectivity index (χ0n) is 17.9. The van der Waals surface area contributed by atoms with Crippen LogP contribution < -0.4 is 10.5 Å². The Morgan fingerprint density at radius 2 is 1.81 bits per heavy atom. The van der Waals surface area contributed by atoms with Crippen molar-refractivity contribution in [2.75, 3.05) is 18.0 Å². The van der Waals surface area contributed by atoms with E-state index in [1.807, 2.05) is 23.1 Å². The van der Waals surface area contributed by atoms with Crippen molar-refractivity contribution in [1.82, 2.24) is 14.5 Å². The molecule has 1 fully saturated rings. The number of carbonyl (C=O) groups is 1. The molecule has 2 aromatic carbocycles. The average molecular weight is 417 g/mol. The molecule has 0 radical (unpaired) electrons. The molecule has 2 aliphatic heterocycles. The van der Waals surface area contributed by atoms with Gasteiger partial charge in [-0.05, 0) is 49.9 Å². The molecule has 5 rings (SSSR count). The first-order valence-electron chi connectivity index (χ1n) is 11.2. The Morgan fingerprint density at radius 3 is 2.65 bits per heavy atom. The molecule has 0 N–H and O–H groups in total. The molecular formula is C25H28N4O2. The number of rotatable bonds is 4. The number of fused-ring (bicyclic) bond motifs is 2. The van der Waals surface area contributed by atoms with Gasteiger partial charge in [-0.15, -0.1) is 0 Å². The van der Waals surface area contributed by atoms with E-state index in [1.165, 1.54) is 11.3 Å². The average Bonchev–Trinajstić information content (AvgIpc) is 3.14. The van der Waals surface area contributed by atoms with Gasteiger partial charge >= 0.3 is 0 Å². The number of hydrogen-bond donors (Lipinski definition) is 0. The van der Waals surface area contributed by atoms with Crippen LogP contribution in [0.3, 0.4) is 0 Å². The minimum atomic E-state index is -0.0844. The molecule has 1 aromatic heterocycles. The molecule has 0 aliphatic carbocycles. The van der Waals surface area contributed by atoms with Crippen molar-refractivity contribution in [2.24, 2.45) is 0 Å². The van der Waals surface area contributed by atoms with Gasteiger partial charge in [0.2, 0.25) is 5.91 Å². The molecule has 6 nitrogen and oxygen atoms in total. The van der Waals surface area contributed by atoms with Crippen LogP contribution in [0.4, 0.5) is 5.69 Å². The third-order valence-electron chi connectivity index (χ3n) is 6.77. The fourth-order valence-electron chi connectivity index (χ4n) is 5.18. The van der Waals surface area contributed by atoms with Crippen LogP contribution in [0.5, 0.6) is 0 Å². The second-order valence-electron chi connectivity index (χ2n) is 8.71. The molecule has 0 spiro atoms. The van der Waals surface area contributed by atoms with Gasteiger partial charge in [-0.1, -0.05) is 30.3 Å². The molecule has 1 atom stereocenters. The lowest BCUT2D eigenvalue weighted by Crippen LogP contribution is -2.48. The summed E-state index contributed by atoms with van der Waals surface area (Å²) in [5.74, 6) is 0.119. The number of aromatic nitrogens is 2. The minimum absolute atomic E-state index is 0.0844. The Hall–Kier alpha value is -3.15. The van der Waals surface area contributed by atoms with Gasteiger partial charge < -0.3 is 9.80 Å². The highest BCUT2D eigenvalue weighted by Gasteiger charge is 2.34. The van der Waals surface area contributed by atoms with Crippen LogP contribution in [0, 0.1) is 0 Å². The standard InChI is InChI=1S/C25H28N4O2/c1-18-16-19-6-2-5-9-23(19)29(18)20-10-13-27(14-11-20)24(30)12-15-28-17-26-22-8-4-3-7-21(22)25(28)31/h2-9,17-18,20H,10-16H2,1H3/t18-/m1/s1. The number of para-hydroxylation sites is 2. The third kappa shape index (κ3) is 3.71. The first kappa shape index (κ1) is 19.8. The number of piperidine rings is 1. The van der Waals surface area contributed by atoms with E-state index >= 15 is 0 Å². The Bertz CT molecular complexity index is 1160. The molecule has 0 saturated carbocycles. The van der Waals surface area contributed by atoms with Crippen LogP contribution in [-0.2, 0) is 17.8 Å². The van der Waals surface area contributed by atoms with Crippen LogP contribution in [0.2, 0.25) is 0 Å². The summed E-state index contributed by atoms with van der Waals surface area (Å²) in [7, 11) is 0. The Morgan fingerprint density at radius 1 is 1.06 bits per heavy atom. The maximum Gasteiger partial charge on any atom is 0.261 e. The number of benzene rings is 2. The van der Waals surface area contributed by atoms with E-state index in [2.05, 4.69) is 41.1 Å². The summed E-state index contributed by atoms with van der Waals surface area (Å²) in [6, 6.07) is 17.0. The third-order valence-corrected chi connectivity index (χ3v) is 6.77. The van der Waals surface area contributed by atoms with Gasteiger partial charge in [0.15, 0.2) is 0 Å². The summed E-state index contributed by atoms with van der Waals surface area (Å²) >= 11 is 0. The Labute approximate surface area is 182 Å². The maximum atomic E-state index is 12.8. The van der Waals surface area contributed by atoms with Gasteiger partial charge in [0.05, 0.1) is 17.2 Å². The van der Waals surface area contributed by atoms with Crippen LogP contribution in [0.15, 0.2) is 59.7 Å². The van der Waals surface area contributed by atoms with Crippen molar-refractivity contribution in [3.05, 3.63) is 70.8 Å². The Balaban J connectivity index is 1.19. The number of amides is 1. The minimum Gasteiger partial charge on any atom is -0.365 e. The largest absolute Gasteiger partial charge is 0.365 e. The van der Waals surface area contributed by atoms with Crippen molar-refractivity contribution in [3.8, 4) is 0 Å². The van der Waals surface area contributed by atoms with E-state index in [9.17, 15) is 9.59 Å². The van der Waals surface area contributed by atoms with Crippen molar-refractivity contribution in [1.29, 1.82) is 0 Å². The molecule has 3 aromatic rings. The van der Waals surface area contributed by atoms with Gasteiger partial charge in [-0.3, -0.25) is 14.2 Å². The molecule has 2 aliphatic rings. The van der Waals surface area contributed by atoms with Crippen molar-refractivity contribution in [3.63, 3.8) is 0 Å². The number of carbonyl (C=O) groups excluding carboxylic acids is 1. The summed E-state index contributed by atoms with van der Waals surface area (Å²) < 4.78 is 1.55. The van der Waals surface area contributed by atoms with E-state index in [0.29, 0.717) is 36.0 Å². The summed E-state index contributed by atoms with van der Waals surface area (Å²) in [5.41, 5.74) is 3.40. The number of likely N-dealkylation sites (tertiary alicyclic amines) is 1. The predicted molar refractivity (Wildman–Crippen MR) is 122 cm³/mol. The quantitative estimate of drug-likeness (QED) is 0.655. The first-order valence-corrected chi connectivity index (χ1v) is 11.2. The van der Waals surface area contributed by atoms with Gasteiger partial charge in [0.1, 0.15) is 0 Å². The highest BCUT2D eigenvalue weighted by atomic mass is 16.2. The second-order valence-corrected chi connectivity index (χ2v) is 8.71. The lowest BCUT2D eigenvalue weighted by molar-refractivity contribution is -0.132. The van der Waals surface area contributed by atoms with Crippen LogP contribution in [0.1, 0.15) is 31.7 Å². The predicted octanol–water partition coefficient (Wildman–Crippen LogP) is 3.23.